The van der Waals surface area contributed by atoms with Crippen LogP contribution in [0.2, 0.25) is 0 Å². The maximum atomic E-state index is 14.6. The Morgan fingerprint density at radius 3 is 2.11 bits per heavy atom. The van der Waals surface area contributed by atoms with Gasteiger partial charge in [-0.05, 0) is 50.4 Å². The van der Waals surface area contributed by atoms with E-state index in [0.717, 1.165) is 77.0 Å². The molecule has 0 spiro atoms. The Morgan fingerprint density at radius 1 is 0.914 bits per heavy atom. The number of carbonyl (C=O) groups is 1. The third-order valence-electron chi connectivity index (χ3n) is 8.69. The van der Waals surface area contributed by atoms with Gasteiger partial charge in [0.05, 0.1) is 11.0 Å². The van der Waals surface area contributed by atoms with E-state index in [4.69, 9.17) is 9.72 Å². The average molecular weight is 488 g/mol. The number of hydrogen-bond donors (Lipinski definition) is 1. The molecule has 3 saturated carbocycles. The lowest BCUT2D eigenvalue weighted by molar-refractivity contribution is -0.127. The molecule has 5 rings (SSSR count). The van der Waals surface area contributed by atoms with Gasteiger partial charge in [0.1, 0.15) is 18.0 Å². The van der Waals surface area contributed by atoms with E-state index >= 15 is 0 Å². The summed E-state index contributed by atoms with van der Waals surface area (Å²) in [5.41, 5.74) is 0.889. The summed E-state index contributed by atoms with van der Waals surface area (Å²) in [6, 6.07) is 2.10. The molecule has 1 heterocycles. The van der Waals surface area contributed by atoms with Crippen molar-refractivity contribution in [3.63, 3.8) is 0 Å². The summed E-state index contributed by atoms with van der Waals surface area (Å²) < 4.78 is 36.8. The number of aromatic nitrogens is 2. The maximum Gasteiger partial charge on any atom is 0.243 e. The summed E-state index contributed by atoms with van der Waals surface area (Å²) in [6.07, 6.45) is 14.8. The fourth-order valence-electron chi connectivity index (χ4n) is 6.90. The smallest absolute Gasteiger partial charge is 0.243 e. The molecule has 35 heavy (non-hydrogen) atoms. The molecule has 2 atom stereocenters. The summed E-state index contributed by atoms with van der Waals surface area (Å²) in [7, 11) is 1.69. The molecule has 5 nitrogen and oxygen atoms in total. The lowest BCUT2D eigenvalue weighted by Crippen LogP contribution is -2.42. The van der Waals surface area contributed by atoms with Crippen LogP contribution < -0.4 is 5.32 Å². The minimum absolute atomic E-state index is 0.00687. The molecule has 192 valence electrons. The first-order valence-electron chi connectivity index (χ1n) is 13.8. The van der Waals surface area contributed by atoms with Gasteiger partial charge in [-0.1, -0.05) is 51.4 Å². The van der Waals surface area contributed by atoms with Crippen molar-refractivity contribution < 1.29 is 18.3 Å². The van der Waals surface area contributed by atoms with Gasteiger partial charge in [-0.15, -0.1) is 0 Å². The molecule has 3 aliphatic carbocycles. The lowest BCUT2D eigenvalue weighted by atomic mass is 9.82. The molecule has 1 aromatic heterocycles. The van der Waals surface area contributed by atoms with Gasteiger partial charge in [-0.25, -0.2) is 13.8 Å². The van der Waals surface area contributed by atoms with Crippen molar-refractivity contribution in [2.75, 3.05) is 7.11 Å². The predicted octanol–water partition coefficient (Wildman–Crippen LogP) is 6.76. The molecule has 2 aromatic rings. The summed E-state index contributed by atoms with van der Waals surface area (Å²) in [6.45, 7) is 0. The van der Waals surface area contributed by atoms with Crippen LogP contribution in [0.3, 0.4) is 0 Å². The van der Waals surface area contributed by atoms with Gasteiger partial charge in [-0.2, -0.15) is 0 Å². The number of hydrogen-bond acceptors (Lipinski definition) is 3. The summed E-state index contributed by atoms with van der Waals surface area (Å²) in [5.74, 6) is -0.758. The Hall–Kier alpha value is -2.02. The second kappa shape index (κ2) is 10.9. The molecule has 3 aliphatic rings. The van der Waals surface area contributed by atoms with Crippen LogP contribution in [0.1, 0.15) is 108 Å². The first-order chi connectivity index (χ1) is 17.1. The van der Waals surface area contributed by atoms with Crippen LogP contribution in [0, 0.1) is 23.5 Å². The topological polar surface area (TPSA) is 56.2 Å². The van der Waals surface area contributed by atoms with E-state index < -0.39 is 17.7 Å². The van der Waals surface area contributed by atoms with E-state index in [2.05, 4.69) is 5.32 Å². The highest BCUT2D eigenvalue weighted by atomic mass is 19.2. The Morgan fingerprint density at radius 2 is 1.49 bits per heavy atom. The van der Waals surface area contributed by atoms with Crippen LogP contribution in [0.4, 0.5) is 8.78 Å². The normalized spacial score (nSPS) is 22.5. The Bertz CT molecular complexity index is 1020. The highest BCUT2D eigenvalue weighted by molar-refractivity contribution is 5.85. The molecule has 1 aromatic carbocycles. The molecule has 0 radical (unpaired) electrons. The van der Waals surface area contributed by atoms with E-state index in [1.807, 2.05) is 4.57 Å². The molecule has 3 fully saturated rings. The van der Waals surface area contributed by atoms with Crippen LogP contribution in [0.5, 0.6) is 0 Å². The van der Waals surface area contributed by atoms with Crippen molar-refractivity contribution in [3.05, 3.63) is 29.6 Å². The Labute approximate surface area is 207 Å². The number of benzene rings is 1. The number of fused-ring (bicyclic) bond motifs is 1. The SMILES string of the molecule is COC(c1nc2cc(F)c(F)cc2n1C(C(=O)NC1CCCC1)C1CCCCC1)C1CCCCC1. The number of nitrogens with zero attached hydrogens (tertiary/aromatic N) is 2. The van der Waals surface area contributed by atoms with Crippen molar-refractivity contribution in [3.8, 4) is 0 Å². The molecule has 7 heteroatoms. The van der Waals surface area contributed by atoms with Crippen molar-refractivity contribution in [1.82, 2.24) is 14.9 Å². The number of imidazole rings is 1. The third kappa shape index (κ3) is 5.11. The van der Waals surface area contributed by atoms with Gasteiger partial charge in [0.25, 0.3) is 0 Å². The van der Waals surface area contributed by atoms with Gasteiger partial charge >= 0.3 is 0 Å². The van der Waals surface area contributed by atoms with Crippen LogP contribution >= 0.6 is 0 Å². The second-order valence-electron chi connectivity index (χ2n) is 11.0. The third-order valence-corrected chi connectivity index (χ3v) is 8.69. The van der Waals surface area contributed by atoms with Gasteiger partial charge in [-0.3, -0.25) is 4.79 Å². The first kappa shape index (κ1) is 24.7. The number of ether oxygens (including phenoxy) is 1. The molecule has 2 unspecified atom stereocenters. The van der Waals surface area contributed by atoms with Crippen molar-refractivity contribution in [2.45, 2.75) is 108 Å². The molecule has 0 aliphatic heterocycles. The fraction of sp³-hybridized carbons (Fsp3) is 0.714. The minimum atomic E-state index is -0.912. The van der Waals surface area contributed by atoms with Gasteiger partial charge in [0.15, 0.2) is 11.6 Å². The quantitative estimate of drug-likeness (QED) is 0.469. The maximum absolute atomic E-state index is 14.6. The van der Waals surface area contributed by atoms with Crippen LogP contribution in [0.15, 0.2) is 12.1 Å². The summed E-state index contributed by atoms with van der Waals surface area (Å²) >= 11 is 0. The largest absolute Gasteiger partial charge is 0.373 e. The van der Waals surface area contributed by atoms with E-state index in [1.165, 1.54) is 25.0 Å². The van der Waals surface area contributed by atoms with Gasteiger partial charge < -0.3 is 14.6 Å². The number of carbonyl (C=O) groups excluding carboxylic acids is 1. The van der Waals surface area contributed by atoms with E-state index in [-0.39, 0.29) is 29.9 Å². The molecule has 0 saturated heterocycles. The molecule has 1 N–H and O–H groups in total. The Kier molecular flexibility index (Phi) is 7.71. The second-order valence-corrected chi connectivity index (χ2v) is 11.0. The van der Waals surface area contributed by atoms with Gasteiger partial charge in [0, 0.05) is 25.3 Å². The number of amides is 1. The number of methoxy groups -OCH3 is 1. The zero-order chi connectivity index (χ0) is 24.4. The summed E-state index contributed by atoms with van der Waals surface area (Å²) in [4.78, 5) is 18.8. The Balaban J connectivity index is 1.63. The van der Waals surface area contributed by atoms with E-state index in [9.17, 15) is 13.6 Å². The minimum Gasteiger partial charge on any atom is -0.373 e. The van der Waals surface area contributed by atoms with E-state index in [0.29, 0.717) is 16.9 Å². The fourth-order valence-corrected chi connectivity index (χ4v) is 6.90. The zero-order valence-electron chi connectivity index (χ0n) is 20.9. The number of rotatable bonds is 7. The zero-order valence-corrected chi connectivity index (χ0v) is 20.9. The monoisotopic (exact) mass is 487 g/mol. The van der Waals surface area contributed by atoms with Crippen LogP contribution in [-0.2, 0) is 9.53 Å². The highest BCUT2D eigenvalue weighted by Gasteiger charge is 2.38. The van der Waals surface area contributed by atoms with Crippen molar-refractivity contribution in [2.24, 2.45) is 11.8 Å². The summed E-state index contributed by atoms with van der Waals surface area (Å²) in [5, 5.41) is 3.32. The molecular weight excluding hydrogens is 448 g/mol. The number of nitrogens with one attached hydrogen (secondary N) is 1. The average Bonchev–Trinajstić information content (AvgIpc) is 3.50. The number of halogens is 2. The van der Waals surface area contributed by atoms with Crippen LogP contribution in [0.25, 0.3) is 11.0 Å². The molecule has 1 amide bonds. The van der Waals surface area contributed by atoms with Crippen LogP contribution in [-0.4, -0.2) is 28.6 Å². The molecule has 0 bridgehead atoms. The predicted molar refractivity (Wildman–Crippen MR) is 132 cm³/mol. The van der Waals surface area contributed by atoms with E-state index in [1.54, 1.807) is 7.11 Å². The lowest BCUT2D eigenvalue weighted by Gasteiger charge is -2.35. The highest BCUT2D eigenvalue weighted by Crippen LogP contribution is 2.42. The first-order valence-corrected chi connectivity index (χ1v) is 13.8. The van der Waals surface area contributed by atoms with Crippen molar-refractivity contribution >= 4 is 16.9 Å². The molecular formula is C28H39F2N3O2. The van der Waals surface area contributed by atoms with Gasteiger partial charge in [0.2, 0.25) is 5.91 Å². The standard InChI is InChI=1S/C28H39F2N3O2/c1-35-26(19-12-6-3-7-13-19)27-32-23-16-21(29)22(30)17-24(23)33(27)25(18-10-4-2-5-11-18)28(34)31-20-14-8-9-15-20/h16-20,25-26H,2-15H2,1H3,(H,31,34). The van der Waals surface area contributed by atoms with Crippen molar-refractivity contribution in [1.29, 1.82) is 0 Å².